The fourth-order valence-electron chi connectivity index (χ4n) is 2.08. The van der Waals surface area contributed by atoms with E-state index in [1.807, 2.05) is 43.3 Å². The number of aliphatic hydroxyl groups excluding tert-OH is 1. The van der Waals surface area contributed by atoms with E-state index in [0.29, 0.717) is 12.3 Å². The van der Waals surface area contributed by atoms with Crippen LogP contribution in [-0.4, -0.2) is 21.0 Å². The maximum absolute atomic E-state index is 12.0. The van der Waals surface area contributed by atoms with Crippen molar-refractivity contribution in [3.63, 3.8) is 0 Å². The topological polar surface area (TPSA) is 66.4 Å². The Morgan fingerprint density at radius 3 is 2.17 bits per heavy atom. The average molecular weight is 331 g/mol. The second-order valence-corrected chi connectivity index (χ2v) is 6.92. The van der Waals surface area contributed by atoms with E-state index >= 15 is 0 Å². The molecule has 0 fully saturated rings. The van der Waals surface area contributed by atoms with Gasteiger partial charge in [0.05, 0.1) is 6.61 Å². The molecule has 0 aliphatic rings. The molecule has 2 aromatic rings. The molecule has 2 N–H and O–H groups in total. The highest BCUT2D eigenvalue weighted by molar-refractivity contribution is 7.84. The van der Waals surface area contributed by atoms with Gasteiger partial charge >= 0.3 is 0 Å². The number of hydrogen-bond donors (Lipinski definition) is 2. The van der Waals surface area contributed by atoms with Gasteiger partial charge < -0.3 is 10.4 Å². The van der Waals surface area contributed by atoms with Crippen molar-refractivity contribution in [1.82, 2.24) is 5.32 Å². The van der Waals surface area contributed by atoms with Crippen LogP contribution in [0, 0.1) is 6.92 Å². The molecular weight excluding hydrogens is 310 g/mol. The first-order chi connectivity index (χ1) is 11.1. The number of benzene rings is 2. The number of aryl methyl sites for hydroxylation is 1. The maximum Gasteiger partial charge on any atom is 0.232 e. The Morgan fingerprint density at radius 1 is 1.00 bits per heavy atom. The predicted molar refractivity (Wildman–Crippen MR) is 92.1 cm³/mol. The zero-order chi connectivity index (χ0) is 16.7. The summed E-state index contributed by atoms with van der Waals surface area (Å²) in [6, 6.07) is 15.2. The van der Waals surface area contributed by atoms with Crippen LogP contribution in [0.15, 0.2) is 48.5 Å². The second kappa shape index (κ2) is 8.60. The molecule has 0 aliphatic heterocycles. The number of hydrogen-bond acceptors (Lipinski definition) is 3. The van der Waals surface area contributed by atoms with Crippen LogP contribution in [0.25, 0.3) is 0 Å². The molecule has 0 radical (unpaired) electrons. The molecular formula is C18H21NO3S. The SMILES string of the molecule is Cc1ccc(CNC(=O)CS(=O)Cc2ccc(CO)cc2)cc1. The smallest absolute Gasteiger partial charge is 0.232 e. The minimum Gasteiger partial charge on any atom is -0.392 e. The lowest BCUT2D eigenvalue weighted by Crippen LogP contribution is -2.28. The van der Waals surface area contributed by atoms with Gasteiger partial charge in [-0.05, 0) is 23.6 Å². The first-order valence-electron chi connectivity index (χ1n) is 7.42. The zero-order valence-electron chi connectivity index (χ0n) is 13.1. The molecule has 2 aromatic carbocycles. The monoisotopic (exact) mass is 331 g/mol. The summed E-state index contributed by atoms with van der Waals surface area (Å²) in [4.78, 5) is 11.8. The average Bonchev–Trinajstić information content (AvgIpc) is 2.55. The predicted octanol–water partition coefficient (Wildman–Crippen LogP) is 2.05. The fraction of sp³-hybridized carbons (Fsp3) is 0.278. The van der Waals surface area contributed by atoms with Crippen molar-refractivity contribution in [1.29, 1.82) is 0 Å². The molecule has 0 bridgehead atoms. The van der Waals surface area contributed by atoms with Crippen LogP contribution >= 0.6 is 0 Å². The van der Waals surface area contributed by atoms with Crippen molar-refractivity contribution in [3.8, 4) is 0 Å². The molecule has 0 heterocycles. The summed E-state index contributed by atoms with van der Waals surface area (Å²) in [5.74, 6) is 0.118. The Balaban J connectivity index is 1.77. The maximum atomic E-state index is 12.0. The number of aliphatic hydroxyl groups is 1. The van der Waals surface area contributed by atoms with E-state index in [1.165, 1.54) is 5.56 Å². The Bertz CT molecular complexity index is 666. The molecule has 1 unspecified atom stereocenters. The highest BCUT2D eigenvalue weighted by Crippen LogP contribution is 2.07. The number of carbonyl (C=O) groups is 1. The summed E-state index contributed by atoms with van der Waals surface area (Å²) in [7, 11) is -1.25. The number of amides is 1. The van der Waals surface area contributed by atoms with E-state index in [4.69, 9.17) is 5.11 Å². The first kappa shape index (κ1) is 17.4. The van der Waals surface area contributed by atoms with E-state index in [2.05, 4.69) is 5.32 Å². The third kappa shape index (κ3) is 5.96. The number of nitrogens with one attached hydrogen (secondary N) is 1. The molecule has 23 heavy (non-hydrogen) atoms. The third-order valence-electron chi connectivity index (χ3n) is 3.44. The van der Waals surface area contributed by atoms with Gasteiger partial charge in [0.1, 0.15) is 5.75 Å². The van der Waals surface area contributed by atoms with Gasteiger partial charge in [0.25, 0.3) is 0 Å². The normalized spacial score (nSPS) is 11.9. The molecule has 4 nitrogen and oxygen atoms in total. The molecule has 0 saturated heterocycles. The molecule has 1 atom stereocenters. The van der Waals surface area contributed by atoms with Crippen LogP contribution in [0.2, 0.25) is 0 Å². The Hall–Kier alpha value is -1.98. The molecule has 0 saturated carbocycles. The van der Waals surface area contributed by atoms with Gasteiger partial charge in [0, 0.05) is 23.1 Å². The summed E-state index contributed by atoms with van der Waals surface area (Å²) in [5.41, 5.74) is 3.91. The summed E-state index contributed by atoms with van der Waals surface area (Å²) in [6.45, 7) is 2.45. The van der Waals surface area contributed by atoms with Crippen molar-refractivity contribution in [2.75, 3.05) is 5.75 Å². The van der Waals surface area contributed by atoms with Crippen molar-refractivity contribution < 1.29 is 14.1 Å². The van der Waals surface area contributed by atoms with Crippen molar-refractivity contribution >= 4 is 16.7 Å². The molecule has 0 aromatic heterocycles. The molecule has 122 valence electrons. The highest BCUT2D eigenvalue weighted by Gasteiger charge is 2.09. The quantitative estimate of drug-likeness (QED) is 0.816. The third-order valence-corrected chi connectivity index (χ3v) is 4.68. The second-order valence-electron chi connectivity index (χ2n) is 5.47. The van der Waals surface area contributed by atoms with Gasteiger partial charge in [-0.1, -0.05) is 54.1 Å². The standard InChI is InChI=1S/C18H21NO3S/c1-14-2-4-15(5-3-14)10-19-18(21)13-23(22)12-17-8-6-16(11-20)7-9-17/h2-9,20H,10-13H2,1H3,(H,19,21). The lowest BCUT2D eigenvalue weighted by atomic mass is 10.1. The van der Waals surface area contributed by atoms with E-state index in [9.17, 15) is 9.00 Å². The lowest BCUT2D eigenvalue weighted by Gasteiger charge is -2.06. The minimum atomic E-state index is -1.25. The van der Waals surface area contributed by atoms with Crippen molar-refractivity contribution in [3.05, 3.63) is 70.8 Å². The molecule has 5 heteroatoms. The zero-order valence-corrected chi connectivity index (χ0v) is 13.9. The molecule has 0 aliphatic carbocycles. The van der Waals surface area contributed by atoms with Crippen LogP contribution in [0.4, 0.5) is 0 Å². The van der Waals surface area contributed by atoms with Gasteiger partial charge in [-0.2, -0.15) is 0 Å². The van der Waals surface area contributed by atoms with Crippen LogP contribution in [0.1, 0.15) is 22.3 Å². The molecule has 2 rings (SSSR count). The molecule has 1 amide bonds. The Labute approximate surface area is 139 Å². The summed E-state index contributed by atoms with van der Waals surface area (Å²) in [5, 5.41) is 11.8. The Kier molecular flexibility index (Phi) is 6.50. The minimum absolute atomic E-state index is 0.00634. The van der Waals surface area contributed by atoms with Gasteiger partial charge in [-0.25, -0.2) is 0 Å². The number of carbonyl (C=O) groups excluding carboxylic acids is 1. The van der Waals surface area contributed by atoms with E-state index < -0.39 is 10.8 Å². The van der Waals surface area contributed by atoms with Crippen LogP contribution in [0.3, 0.4) is 0 Å². The van der Waals surface area contributed by atoms with Gasteiger partial charge in [0.15, 0.2) is 0 Å². The van der Waals surface area contributed by atoms with Crippen LogP contribution in [-0.2, 0) is 34.5 Å². The Morgan fingerprint density at radius 2 is 1.57 bits per heavy atom. The van der Waals surface area contributed by atoms with Crippen molar-refractivity contribution in [2.45, 2.75) is 25.8 Å². The first-order valence-corrected chi connectivity index (χ1v) is 8.91. The summed E-state index contributed by atoms with van der Waals surface area (Å²) < 4.78 is 12.0. The van der Waals surface area contributed by atoms with Crippen molar-refractivity contribution in [2.24, 2.45) is 0 Å². The summed E-state index contributed by atoms with van der Waals surface area (Å²) >= 11 is 0. The highest BCUT2D eigenvalue weighted by atomic mass is 32.2. The number of rotatable bonds is 7. The van der Waals surface area contributed by atoms with E-state index in [1.54, 1.807) is 12.1 Å². The van der Waals surface area contributed by atoms with Crippen LogP contribution < -0.4 is 5.32 Å². The fourth-order valence-corrected chi connectivity index (χ4v) is 3.14. The van der Waals surface area contributed by atoms with Gasteiger partial charge in [-0.15, -0.1) is 0 Å². The van der Waals surface area contributed by atoms with E-state index in [0.717, 1.165) is 16.7 Å². The van der Waals surface area contributed by atoms with E-state index in [-0.39, 0.29) is 18.3 Å². The largest absolute Gasteiger partial charge is 0.392 e. The lowest BCUT2D eigenvalue weighted by molar-refractivity contribution is -0.118. The summed E-state index contributed by atoms with van der Waals surface area (Å²) in [6.07, 6.45) is 0. The molecule has 0 spiro atoms. The van der Waals surface area contributed by atoms with Gasteiger partial charge in [0.2, 0.25) is 5.91 Å². The van der Waals surface area contributed by atoms with Gasteiger partial charge in [-0.3, -0.25) is 9.00 Å². The van der Waals surface area contributed by atoms with Crippen LogP contribution in [0.5, 0.6) is 0 Å².